The van der Waals surface area contributed by atoms with Crippen LogP contribution in [0.25, 0.3) is 0 Å². The summed E-state index contributed by atoms with van der Waals surface area (Å²) in [5.74, 6) is 0. The summed E-state index contributed by atoms with van der Waals surface area (Å²) in [7, 11) is 2.13. The molecule has 0 spiro atoms. The topological polar surface area (TPSA) is 29.3 Å². The van der Waals surface area contributed by atoms with E-state index < -0.39 is 0 Å². The van der Waals surface area contributed by atoms with E-state index in [-0.39, 0.29) is 0 Å². The van der Waals surface area contributed by atoms with Crippen LogP contribution in [0.2, 0.25) is 0 Å². The van der Waals surface area contributed by atoms with Crippen LogP contribution in [0.3, 0.4) is 0 Å². The highest BCUT2D eigenvalue weighted by Crippen LogP contribution is 2.13. The summed E-state index contributed by atoms with van der Waals surface area (Å²) in [5.41, 5.74) is 8.31. The summed E-state index contributed by atoms with van der Waals surface area (Å²) >= 11 is 0. The van der Waals surface area contributed by atoms with Crippen molar-refractivity contribution in [2.75, 3.05) is 18.5 Å². The standard InChI is InChI=1S/C13H22N2/c1-11-6-8-13(9-7-11)15(3)10-4-5-12(2)14/h6-9,12H,4-5,10,14H2,1-3H3. The zero-order valence-electron chi connectivity index (χ0n) is 10.0. The molecule has 84 valence electrons. The molecule has 15 heavy (non-hydrogen) atoms. The van der Waals surface area contributed by atoms with Crippen LogP contribution in [-0.2, 0) is 0 Å². The molecule has 0 heterocycles. The van der Waals surface area contributed by atoms with Gasteiger partial charge < -0.3 is 10.6 Å². The second-order valence-corrected chi connectivity index (χ2v) is 4.38. The molecule has 0 saturated carbocycles. The molecule has 2 heteroatoms. The Bertz CT molecular complexity index is 277. The van der Waals surface area contributed by atoms with E-state index in [1.807, 2.05) is 0 Å². The van der Waals surface area contributed by atoms with Gasteiger partial charge in [0.2, 0.25) is 0 Å². The molecule has 0 radical (unpaired) electrons. The van der Waals surface area contributed by atoms with Gasteiger partial charge >= 0.3 is 0 Å². The predicted octanol–water partition coefficient (Wildman–Crippen LogP) is 2.56. The number of hydrogen-bond acceptors (Lipinski definition) is 2. The Hall–Kier alpha value is -1.02. The molecule has 0 aliphatic rings. The summed E-state index contributed by atoms with van der Waals surface area (Å²) in [4.78, 5) is 2.28. The maximum Gasteiger partial charge on any atom is 0.0363 e. The van der Waals surface area contributed by atoms with Crippen molar-refractivity contribution in [1.82, 2.24) is 0 Å². The molecule has 1 atom stereocenters. The highest BCUT2D eigenvalue weighted by atomic mass is 15.1. The number of benzene rings is 1. The molecule has 1 aromatic carbocycles. The van der Waals surface area contributed by atoms with Crippen molar-refractivity contribution < 1.29 is 0 Å². The van der Waals surface area contributed by atoms with Crippen molar-refractivity contribution in [2.45, 2.75) is 32.7 Å². The molecule has 1 rings (SSSR count). The van der Waals surface area contributed by atoms with Crippen LogP contribution in [0.5, 0.6) is 0 Å². The van der Waals surface area contributed by atoms with Crippen LogP contribution in [0.4, 0.5) is 5.69 Å². The Morgan fingerprint density at radius 2 is 1.87 bits per heavy atom. The first kappa shape index (κ1) is 12.1. The van der Waals surface area contributed by atoms with Crippen LogP contribution >= 0.6 is 0 Å². The number of nitrogens with zero attached hydrogens (tertiary/aromatic N) is 1. The molecular weight excluding hydrogens is 184 g/mol. The highest BCUT2D eigenvalue weighted by molar-refractivity contribution is 5.46. The van der Waals surface area contributed by atoms with E-state index in [0.29, 0.717) is 6.04 Å². The van der Waals surface area contributed by atoms with Crippen molar-refractivity contribution in [1.29, 1.82) is 0 Å². The number of rotatable bonds is 5. The van der Waals surface area contributed by atoms with Crippen molar-refractivity contribution in [2.24, 2.45) is 5.73 Å². The Morgan fingerprint density at radius 1 is 1.27 bits per heavy atom. The summed E-state index contributed by atoms with van der Waals surface area (Å²) in [6, 6.07) is 8.95. The van der Waals surface area contributed by atoms with E-state index in [2.05, 4.69) is 50.1 Å². The molecule has 2 N–H and O–H groups in total. The SMILES string of the molecule is Cc1ccc(N(C)CCCC(C)N)cc1. The monoisotopic (exact) mass is 206 g/mol. The van der Waals surface area contributed by atoms with Crippen molar-refractivity contribution in [3.63, 3.8) is 0 Å². The van der Waals surface area contributed by atoms with Gasteiger partial charge in [0.15, 0.2) is 0 Å². The van der Waals surface area contributed by atoms with Crippen LogP contribution in [0.15, 0.2) is 24.3 Å². The Balaban J connectivity index is 2.40. The van der Waals surface area contributed by atoms with Crippen molar-refractivity contribution in [3.05, 3.63) is 29.8 Å². The lowest BCUT2D eigenvalue weighted by Crippen LogP contribution is -2.21. The zero-order chi connectivity index (χ0) is 11.3. The highest BCUT2D eigenvalue weighted by Gasteiger charge is 2.00. The first-order valence-corrected chi connectivity index (χ1v) is 5.63. The molecule has 0 aliphatic carbocycles. The van der Waals surface area contributed by atoms with Gasteiger partial charge in [-0.25, -0.2) is 0 Å². The van der Waals surface area contributed by atoms with Crippen LogP contribution < -0.4 is 10.6 Å². The number of nitrogens with two attached hydrogens (primary N) is 1. The van der Waals surface area contributed by atoms with Crippen LogP contribution in [-0.4, -0.2) is 19.6 Å². The van der Waals surface area contributed by atoms with Gasteiger partial charge in [-0.3, -0.25) is 0 Å². The minimum Gasteiger partial charge on any atom is -0.375 e. The minimum absolute atomic E-state index is 0.316. The smallest absolute Gasteiger partial charge is 0.0363 e. The van der Waals surface area contributed by atoms with Gasteiger partial charge in [0.1, 0.15) is 0 Å². The Labute approximate surface area is 93.1 Å². The number of anilines is 1. The fraction of sp³-hybridized carbons (Fsp3) is 0.538. The van der Waals surface area contributed by atoms with E-state index in [0.717, 1.165) is 19.4 Å². The molecule has 0 aromatic heterocycles. The van der Waals surface area contributed by atoms with Gasteiger partial charge in [-0.05, 0) is 38.8 Å². The maximum absolute atomic E-state index is 5.72. The number of hydrogen-bond donors (Lipinski definition) is 1. The molecule has 0 saturated heterocycles. The van der Waals surface area contributed by atoms with Gasteiger partial charge in [0.05, 0.1) is 0 Å². The number of aryl methyl sites for hydroxylation is 1. The zero-order valence-corrected chi connectivity index (χ0v) is 10.0. The van der Waals surface area contributed by atoms with E-state index in [1.54, 1.807) is 0 Å². The third kappa shape index (κ3) is 4.34. The molecule has 0 amide bonds. The van der Waals surface area contributed by atoms with Crippen molar-refractivity contribution in [3.8, 4) is 0 Å². The second-order valence-electron chi connectivity index (χ2n) is 4.38. The largest absolute Gasteiger partial charge is 0.375 e. The lowest BCUT2D eigenvalue weighted by atomic mass is 10.2. The second kappa shape index (κ2) is 5.76. The van der Waals surface area contributed by atoms with Crippen LogP contribution in [0, 0.1) is 6.92 Å². The Kier molecular flexibility index (Phi) is 4.63. The van der Waals surface area contributed by atoms with E-state index >= 15 is 0 Å². The molecule has 0 fully saturated rings. The fourth-order valence-corrected chi connectivity index (χ4v) is 1.58. The van der Waals surface area contributed by atoms with Gasteiger partial charge in [0.25, 0.3) is 0 Å². The third-order valence-electron chi connectivity index (χ3n) is 2.63. The van der Waals surface area contributed by atoms with Gasteiger partial charge in [-0.15, -0.1) is 0 Å². The van der Waals surface area contributed by atoms with E-state index in [1.165, 1.54) is 11.3 Å². The molecule has 2 nitrogen and oxygen atoms in total. The maximum atomic E-state index is 5.72. The molecule has 1 aromatic rings. The molecule has 0 bridgehead atoms. The summed E-state index contributed by atoms with van der Waals surface area (Å²) in [6.07, 6.45) is 2.25. The summed E-state index contributed by atoms with van der Waals surface area (Å²) < 4.78 is 0. The van der Waals surface area contributed by atoms with Gasteiger partial charge in [-0.2, -0.15) is 0 Å². The first-order chi connectivity index (χ1) is 7.09. The van der Waals surface area contributed by atoms with Crippen LogP contribution in [0.1, 0.15) is 25.3 Å². The summed E-state index contributed by atoms with van der Waals surface area (Å²) in [6.45, 7) is 5.25. The van der Waals surface area contributed by atoms with E-state index in [4.69, 9.17) is 5.73 Å². The average molecular weight is 206 g/mol. The summed E-state index contributed by atoms with van der Waals surface area (Å²) in [5, 5.41) is 0. The molecule has 0 aliphatic heterocycles. The normalized spacial score (nSPS) is 12.5. The first-order valence-electron chi connectivity index (χ1n) is 5.63. The quantitative estimate of drug-likeness (QED) is 0.802. The van der Waals surface area contributed by atoms with Gasteiger partial charge in [0, 0.05) is 25.3 Å². The van der Waals surface area contributed by atoms with Crippen molar-refractivity contribution >= 4 is 5.69 Å². The lowest BCUT2D eigenvalue weighted by molar-refractivity contribution is 0.621. The average Bonchev–Trinajstić information content (AvgIpc) is 2.18. The van der Waals surface area contributed by atoms with E-state index in [9.17, 15) is 0 Å². The Morgan fingerprint density at radius 3 is 2.40 bits per heavy atom. The third-order valence-corrected chi connectivity index (χ3v) is 2.63. The fourth-order valence-electron chi connectivity index (χ4n) is 1.58. The predicted molar refractivity (Wildman–Crippen MR) is 67.3 cm³/mol. The molecular formula is C13H22N2. The van der Waals surface area contributed by atoms with Gasteiger partial charge in [-0.1, -0.05) is 17.7 Å². The minimum atomic E-state index is 0.316. The molecule has 1 unspecified atom stereocenters. The lowest BCUT2D eigenvalue weighted by Gasteiger charge is -2.19.